The van der Waals surface area contributed by atoms with Crippen molar-refractivity contribution in [2.75, 3.05) is 0 Å². The lowest BCUT2D eigenvalue weighted by molar-refractivity contribution is 0.0881. The zero-order valence-electron chi connectivity index (χ0n) is 11.7. The van der Waals surface area contributed by atoms with E-state index in [1.807, 2.05) is 13.8 Å². The Bertz CT molecular complexity index is 399. The van der Waals surface area contributed by atoms with Gasteiger partial charge in [0, 0.05) is 18.8 Å². The summed E-state index contributed by atoms with van der Waals surface area (Å²) in [7, 11) is 1.77. The van der Waals surface area contributed by atoms with Crippen LogP contribution in [-0.2, 0) is 7.05 Å². The van der Waals surface area contributed by atoms with Gasteiger partial charge in [-0.05, 0) is 31.7 Å². The van der Waals surface area contributed by atoms with Crippen molar-refractivity contribution in [2.24, 2.45) is 12.5 Å². The highest BCUT2D eigenvalue weighted by molar-refractivity contribution is 5.92. The van der Waals surface area contributed by atoms with Gasteiger partial charge in [0.2, 0.25) is 0 Å². The largest absolute Gasteiger partial charge is 0.346 e. The average molecular weight is 237 g/mol. The molecule has 17 heavy (non-hydrogen) atoms. The van der Waals surface area contributed by atoms with E-state index in [1.54, 1.807) is 24.0 Å². The molecule has 0 saturated heterocycles. The maximum atomic E-state index is 12.1. The van der Waals surface area contributed by atoms with Crippen LogP contribution in [0, 0.1) is 5.41 Å². The number of rotatable bonds is 3. The van der Waals surface area contributed by atoms with Gasteiger partial charge in [-0.2, -0.15) is 5.10 Å². The Labute approximate surface area is 103 Å². The van der Waals surface area contributed by atoms with Crippen molar-refractivity contribution in [3.8, 4) is 0 Å². The highest BCUT2D eigenvalue weighted by Gasteiger charge is 2.27. The van der Waals surface area contributed by atoms with Gasteiger partial charge in [-0.1, -0.05) is 20.8 Å². The van der Waals surface area contributed by atoms with E-state index in [9.17, 15) is 4.79 Å². The Balaban J connectivity index is 2.72. The van der Waals surface area contributed by atoms with E-state index in [0.717, 1.165) is 6.42 Å². The number of carbonyl (C=O) groups is 1. The van der Waals surface area contributed by atoms with E-state index in [4.69, 9.17) is 0 Å². The molecule has 0 aliphatic rings. The van der Waals surface area contributed by atoms with E-state index in [-0.39, 0.29) is 16.9 Å². The van der Waals surface area contributed by atoms with Gasteiger partial charge in [-0.3, -0.25) is 9.48 Å². The third-order valence-corrected chi connectivity index (χ3v) is 2.48. The third-order valence-electron chi connectivity index (χ3n) is 2.48. The van der Waals surface area contributed by atoms with Crippen LogP contribution in [0.1, 0.15) is 51.5 Å². The standard InChI is InChI=1S/C13H23N3O/c1-12(2,3)9-13(4,5)15-11(17)10-7-8-14-16(10)6/h7-8H,9H2,1-6H3,(H,15,17). The summed E-state index contributed by atoms with van der Waals surface area (Å²) in [6.07, 6.45) is 2.55. The monoisotopic (exact) mass is 237 g/mol. The maximum Gasteiger partial charge on any atom is 0.269 e. The topological polar surface area (TPSA) is 46.9 Å². The number of hydrogen-bond acceptors (Lipinski definition) is 2. The van der Waals surface area contributed by atoms with Gasteiger partial charge >= 0.3 is 0 Å². The number of nitrogens with zero attached hydrogens (tertiary/aromatic N) is 2. The predicted octanol–water partition coefficient (Wildman–Crippen LogP) is 2.36. The molecule has 0 saturated carbocycles. The zero-order valence-corrected chi connectivity index (χ0v) is 11.7. The first kappa shape index (κ1) is 13.7. The second-order valence-electron chi connectivity index (χ2n) is 6.42. The lowest BCUT2D eigenvalue weighted by atomic mass is 9.82. The van der Waals surface area contributed by atoms with E-state index in [2.05, 4.69) is 31.2 Å². The molecule has 96 valence electrons. The van der Waals surface area contributed by atoms with Crippen molar-refractivity contribution in [3.05, 3.63) is 18.0 Å². The Morgan fingerprint density at radius 3 is 2.35 bits per heavy atom. The molecule has 0 aliphatic carbocycles. The zero-order chi connectivity index (χ0) is 13.3. The second-order valence-corrected chi connectivity index (χ2v) is 6.42. The second kappa shape index (κ2) is 4.51. The molecule has 0 radical (unpaired) electrons. The molecule has 1 rings (SSSR count). The first-order valence-corrected chi connectivity index (χ1v) is 5.91. The van der Waals surface area contributed by atoms with Crippen LogP contribution in [0.2, 0.25) is 0 Å². The highest BCUT2D eigenvalue weighted by Crippen LogP contribution is 2.26. The van der Waals surface area contributed by atoms with Crippen LogP contribution < -0.4 is 5.32 Å². The van der Waals surface area contributed by atoms with Crippen molar-refractivity contribution in [3.63, 3.8) is 0 Å². The summed E-state index contributed by atoms with van der Waals surface area (Å²) < 4.78 is 1.59. The molecule has 0 fully saturated rings. The molecule has 1 amide bonds. The molecule has 0 aliphatic heterocycles. The molecule has 0 bridgehead atoms. The van der Waals surface area contributed by atoms with E-state index >= 15 is 0 Å². The molecule has 0 unspecified atom stereocenters. The van der Waals surface area contributed by atoms with Crippen LogP contribution in [0.25, 0.3) is 0 Å². The lowest BCUT2D eigenvalue weighted by Gasteiger charge is -2.33. The van der Waals surface area contributed by atoms with Crippen molar-refractivity contribution < 1.29 is 4.79 Å². The fraction of sp³-hybridized carbons (Fsp3) is 0.692. The fourth-order valence-electron chi connectivity index (χ4n) is 2.34. The third kappa shape index (κ3) is 4.21. The summed E-state index contributed by atoms with van der Waals surface area (Å²) in [5.41, 5.74) is 0.551. The van der Waals surface area contributed by atoms with Crippen LogP contribution in [-0.4, -0.2) is 21.2 Å². The normalized spacial score (nSPS) is 12.6. The molecule has 4 heteroatoms. The highest BCUT2D eigenvalue weighted by atomic mass is 16.2. The summed E-state index contributed by atoms with van der Waals surface area (Å²) in [6, 6.07) is 1.72. The van der Waals surface area contributed by atoms with Gasteiger partial charge in [0.05, 0.1) is 0 Å². The quantitative estimate of drug-likeness (QED) is 0.877. The minimum atomic E-state index is -0.223. The first-order chi connectivity index (χ1) is 7.61. The molecular weight excluding hydrogens is 214 g/mol. The molecule has 0 spiro atoms. The van der Waals surface area contributed by atoms with Gasteiger partial charge in [-0.15, -0.1) is 0 Å². The van der Waals surface area contributed by atoms with E-state index < -0.39 is 0 Å². The number of amides is 1. The molecule has 1 aromatic heterocycles. The summed E-state index contributed by atoms with van der Waals surface area (Å²) in [6.45, 7) is 10.6. The fourth-order valence-corrected chi connectivity index (χ4v) is 2.34. The van der Waals surface area contributed by atoms with Crippen molar-refractivity contribution in [2.45, 2.75) is 46.6 Å². The molecular formula is C13H23N3O. The molecule has 1 heterocycles. The Hall–Kier alpha value is -1.32. The predicted molar refractivity (Wildman–Crippen MR) is 68.8 cm³/mol. The molecule has 1 N–H and O–H groups in total. The van der Waals surface area contributed by atoms with Crippen molar-refractivity contribution >= 4 is 5.91 Å². The summed E-state index contributed by atoms with van der Waals surface area (Å²) in [5.74, 6) is -0.0701. The summed E-state index contributed by atoms with van der Waals surface area (Å²) in [5, 5.41) is 7.05. The minimum absolute atomic E-state index is 0.0701. The van der Waals surface area contributed by atoms with E-state index in [0.29, 0.717) is 5.69 Å². The molecule has 0 aromatic carbocycles. The van der Waals surface area contributed by atoms with Crippen LogP contribution >= 0.6 is 0 Å². The van der Waals surface area contributed by atoms with Gasteiger partial charge < -0.3 is 5.32 Å². The minimum Gasteiger partial charge on any atom is -0.346 e. The SMILES string of the molecule is Cn1nccc1C(=O)NC(C)(C)CC(C)(C)C. The van der Waals surface area contributed by atoms with Crippen molar-refractivity contribution in [1.29, 1.82) is 0 Å². The number of carbonyl (C=O) groups excluding carboxylic acids is 1. The summed E-state index contributed by atoms with van der Waals surface area (Å²) in [4.78, 5) is 12.1. The average Bonchev–Trinajstić information content (AvgIpc) is 2.44. The van der Waals surface area contributed by atoms with Gasteiger partial charge in [-0.25, -0.2) is 0 Å². The molecule has 0 atom stereocenters. The Kier molecular flexibility index (Phi) is 3.65. The number of aromatic nitrogens is 2. The smallest absolute Gasteiger partial charge is 0.269 e. The van der Waals surface area contributed by atoms with Crippen LogP contribution in [0.4, 0.5) is 0 Å². The van der Waals surface area contributed by atoms with Gasteiger partial charge in [0.25, 0.3) is 5.91 Å². The number of nitrogens with one attached hydrogen (secondary N) is 1. The maximum absolute atomic E-state index is 12.1. The summed E-state index contributed by atoms with van der Waals surface area (Å²) >= 11 is 0. The van der Waals surface area contributed by atoms with Crippen molar-refractivity contribution in [1.82, 2.24) is 15.1 Å². The first-order valence-electron chi connectivity index (χ1n) is 5.91. The van der Waals surface area contributed by atoms with Crippen LogP contribution in [0.15, 0.2) is 12.3 Å². The molecule has 4 nitrogen and oxygen atoms in total. The van der Waals surface area contributed by atoms with Crippen LogP contribution in [0.5, 0.6) is 0 Å². The molecule has 1 aromatic rings. The Morgan fingerprint density at radius 1 is 1.35 bits per heavy atom. The van der Waals surface area contributed by atoms with Crippen LogP contribution in [0.3, 0.4) is 0 Å². The van der Waals surface area contributed by atoms with Gasteiger partial charge in [0.15, 0.2) is 0 Å². The lowest BCUT2D eigenvalue weighted by Crippen LogP contribution is -2.46. The number of aryl methyl sites for hydroxylation is 1. The Morgan fingerprint density at radius 2 is 1.94 bits per heavy atom. The van der Waals surface area contributed by atoms with E-state index in [1.165, 1.54) is 0 Å². The van der Waals surface area contributed by atoms with Gasteiger partial charge in [0.1, 0.15) is 5.69 Å². The number of hydrogen-bond donors (Lipinski definition) is 1.